The minimum absolute atomic E-state index is 0.0149. The van der Waals surface area contributed by atoms with E-state index in [0.29, 0.717) is 19.4 Å². The summed E-state index contributed by atoms with van der Waals surface area (Å²) in [5.41, 5.74) is 7.15. The monoisotopic (exact) mass is 241 g/mol. The van der Waals surface area contributed by atoms with Gasteiger partial charge in [0.15, 0.2) is 0 Å². The molecule has 0 spiro atoms. The Morgan fingerprint density at radius 1 is 1.41 bits per heavy atom. The van der Waals surface area contributed by atoms with Gasteiger partial charge in [-0.25, -0.2) is 0 Å². The van der Waals surface area contributed by atoms with Crippen LogP contribution in [-0.4, -0.2) is 36.5 Å². The zero-order valence-electron chi connectivity index (χ0n) is 9.45. The molecule has 0 aromatic rings. The van der Waals surface area contributed by atoms with Crippen molar-refractivity contribution in [1.82, 2.24) is 0 Å². The molecule has 17 heavy (non-hydrogen) atoms. The van der Waals surface area contributed by atoms with E-state index in [0.717, 1.165) is 12.8 Å². The molecule has 1 aliphatic rings. The van der Waals surface area contributed by atoms with Crippen LogP contribution in [0, 0.1) is 0 Å². The molecule has 1 rings (SSSR count). The number of carbonyl (C=O) groups excluding carboxylic acids is 1. The van der Waals surface area contributed by atoms with Crippen LogP contribution in [0.5, 0.6) is 0 Å². The van der Waals surface area contributed by atoms with Crippen LogP contribution >= 0.6 is 0 Å². The van der Waals surface area contributed by atoms with Crippen LogP contribution < -0.4 is 0 Å². The first-order chi connectivity index (χ1) is 8.22. The Balaban J connectivity index is 1.96. The lowest BCUT2D eigenvalue weighted by molar-refractivity contribution is -0.145. The van der Waals surface area contributed by atoms with Gasteiger partial charge in [-0.05, 0) is 18.4 Å². The third-order valence-corrected chi connectivity index (χ3v) is 2.30. The maximum atomic E-state index is 11.3. The SMILES string of the molecule is [N-]=[N+]=NCCCCCC(=O)OCC1(CO)N=N1. The lowest BCUT2D eigenvalue weighted by Crippen LogP contribution is -2.25. The maximum absolute atomic E-state index is 11.3. The molecule has 0 atom stereocenters. The largest absolute Gasteiger partial charge is 0.461 e. The summed E-state index contributed by atoms with van der Waals surface area (Å²) in [5, 5.41) is 19.4. The molecular formula is C9H15N5O3. The van der Waals surface area contributed by atoms with E-state index in [1.807, 2.05) is 0 Å². The Bertz CT molecular complexity index is 332. The molecule has 8 nitrogen and oxygen atoms in total. The number of hydrogen-bond donors (Lipinski definition) is 1. The van der Waals surface area contributed by atoms with Crippen molar-refractivity contribution in [1.29, 1.82) is 0 Å². The zero-order chi connectivity index (χ0) is 12.6. The lowest BCUT2D eigenvalue weighted by Gasteiger charge is -2.07. The van der Waals surface area contributed by atoms with Crippen LogP contribution in [0.15, 0.2) is 15.3 Å². The first-order valence-electron chi connectivity index (χ1n) is 5.44. The van der Waals surface area contributed by atoms with Crippen molar-refractivity contribution in [2.45, 2.75) is 31.3 Å². The van der Waals surface area contributed by atoms with Crippen molar-refractivity contribution in [3.8, 4) is 0 Å². The number of hydrogen-bond acceptors (Lipinski definition) is 6. The summed E-state index contributed by atoms with van der Waals surface area (Å²) in [5.74, 6) is -0.320. The smallest absolute Gasteiger partial charge is 0.305 e. The van der Waals surface area contributed by atoms with Crippen molar-refractivity contribution >= 4 is 5.97 Å². The highest BCUT2D eigenvalue weighted by atomic mass is 16.5. The molecule has 94 valence electrons. The van der Waals surface area contributed by atoms with Gasteiger partial charge >= 0.3 is 5.97 Å². The van der Waals surface area contributed by atoms with Crippen LogP contribution in [0.4, 0.5) is 0 Å². The average molecular weight is 241 g/mol. The van der Waals surface area contributed by atoms with E-state index in [1.165, 1.54) is 0 Å². The fourth-order valence-corrected chi connectivity index (χ4v) is 1.18. The second-order valence-corrected chi connectivity index (χ2v) is 3.77. The molecular weight excluding hydrogens is 226 g/mol. The van der Waals surface area contributed by atoms with Gasteiger partial charge in [-0.2, -0.15) is 10.2 Å². The molecule has 1 aliphatic heterocycles. The van der Waals surface area contributed by atoms with Gasteiger partial charge < -0.3 is 9.84 Å². The Kier molecular flexibility index (Phi) is 5.38. The van der Waals surface area contributed by atoms with Crippen LogP contribution in [0.1, 0.15) is 25.7 Å². The van der Waals surface area contributed by atoms with E-state index < -0.39 is 5.66 Å². The first kappa shape index (κ1) is 13.4. The topological polar surface area (TPSA) is 120 Å². The number of unbranched alkanes of at least 4 members (excludes halogenated alkanes) is 2. The van der Waals surface area contributed by atoms with Gasteiger partial charge in [-0.1, -0.05) is 11.5 Å². The number of ether oxygens (including phenoxy) is 1. The van der Waals surface area contributed by atoms with E-state index in [-0.39, 0.29) is 19.2 Å². The summed E-state index contributed by atoms with van der Waals surface area (Å²) >= 11 is 0. The van der Waals surface area contributed by atoms with Crippen molar-refractivity contribution in [2.75, 3.05) is 19.8 Å². The highest BCUT2D eigenvalue weighted by molar-refractivity contribution is 5.69. The second kappa shape index (κ2) is 6.82. The molecule has 8 heteroatoms. The van der Waals surface area contributed by atoms with Crippen LogP contribution in [0.25, 0.3) is 10.4 Å². The highest BCUT2D eigenvalue weighted by Gasteiger charge is 2.41. The van der Waals surface area contributed by atoms with Crippen molar-refractivity contribution in [3.05, 3.63) is 10.4 Å². The molecule has 0 bridgehead atoms. The van der Waals surface area contributed by atoms with Gasteiger partial charge in [0.05, 0.1) is 6.61 Å². The maximum Gasteiger partial charge on any atom is 0.305 e. The number of nitrogens with zero attached hydrogens (tertiary/aromatic N) is 5. The predicted octanol–water partition coefficient (Wildman–Crippen LogP) is 1.55. The zero-order valence-corrected chi connectivity index (χ0v) is 9.45. The number of rotatable bonds is 9. The number of esters is 1. The molecule has 0 saturated carbocycles. The van der Waals surface area contributed by atoms with Gasteiger partial charge in [-0.15, -0.1) is 0 Å². The summed E-state index contributed by atoms with van der Waals surface area (Å²) in [6.07, 6.45) is 2.59. The van der Waals surface area contributed by atoms with Gasteiger partial charge in [0.2, 0.25) is 5.66 Å². The van der Waals surface area contributed by atoms with Gasteiger partial charge in [-0.3, -0.25) is 4.79 Å². The molecule has 1 heterocycles. The molecule has 1 N–H and O–H groups in total. The molecule has 0 unspecified atom stereocenters. The molecule has 0 radical (unpaired) electrons. The Hall–Kier alpha value is -1.66. The summed E-state index contributed by atoms with van der Waals surface area (Å²) in [7, 11) is 0. The summed E-state index contributed by atoms with van der Waals surface area (Å²) < 4.78 is 4.92. The van der Waals surface area contributed by atoms with Crippen LogP contribution in [0.2, 0.25) is 0 Å². The van der Waals surface area contributed by atoms with E-state index in [4.69, 9.17) is 15.4 Å². The summed E-state index contributed by atoms with van der Waals surface area (Å²) in [4.78, 5) is 13.9. The van der Waals surface area contributed by atoms with Crippen molar-refractivity contribution in [3.63, 3.8) is 0 Å². The molecule has 0 saturated heterocycles. The molecule has 0 aromatic carbocycles. The molecule has 0 fully saturated rings. The summed E-state index contributed by atoms with van der Waals surface area (Å²) in [6.45, 7) is 0.241. The van der Waals surface area contributed by atoms with Crippen molar-refractivity contribution in [2.24, 2.45) is 15.3 Å². The summed E-state index contributed by atoms with van der Waals surface area (Å²) in [6, 6.07) is 0. The standard InChI is InChI=1S/C9H15N5O3/c10-14-11-5-3-1-2-4-8(16)17-7-9(6-15)12-13-9/h15H,1-7H2. The number of azide groups is 1. The highest BCUT2D eigenvalue weighted by Crippen LogP contribution is 2.27. The lowest BCUT2D eigenvalue weighted by atomic mass is 10.2. The van der Waals surface area contributed by atoms with Crippen molar-refractivity contribution < 1.29 is 14.6 Å². The molecule has 0 aliphatic carbocycles. The number of aliphatic hydroxyl groups excluding tert-OH is 1. The van der Waals surface area contributed by atoms with E-state index in [1.54, 1.807) is 0 Å². The second-order valence-electron chi connectivity index (χ2n) is 3.77. The number of aliphatic hydroxyl groups is 1. The Labute approximate surface area is 98.3 Å². The third kappa shape index (κ3) is 5.28. The fourth-order valence-electron chi connectivity index (χ4n) is 1.18. The minimum Gasteiger partial charge on any atom is -0.461 e. The van der Waals surface area contributed by atoms with Gasteiger partial charge in [0.1, 0.15) is 6.61 Å². The van der Waals surface area contributed by atoms with E-state index in [9.17, 15) is 4.79 Å². The minimum atomic E-state index is -0.878. The Morgan fingerprint density at radius 3 is 2.76 bits per heavy atom. The van der Waals surface area contributed by atoms with E-state index >= 15 is 0 Å². The molecule has 0 aromatic heterocycles. The Morgan fingerprint density at radius 2 is 2.18 bits per heavy atom. The third-order valence-electron chi connectivity index (χ3n) is 2.30. The average Bonchev–Trinajstić information content (AvgIpc) is 3.12. The normalized spacial score (nSPS) is 15.1. The molecule has 0 amide bonds. The van der Waals surface area contributed by atoms with Crippen LogP contribution in [0.3, 0.4) is 0 Å². The quantitative estimate of drug-likeness (QED) is 0.217. The van der Waals surface area contributed by atoms with Gasteiger partial charge in [0, 0.05) is 17.9 Å². The fraction of sp³-hybridized carbons (Fsp3) is 0.889. The van der Waals surface area contributed by atoms with Gasteiger partial charge in [0.25, 0.3) is 0 Å². The van der Waals surface area contributed by atoms with E-state index in [2.05, 4.69) is 20.3 Å². The first-order valence-corrected chi connectivity index (χ1v) is 5.44. The predicted molar refractivity (Wildman–Crippen MR) is 58.1 cm³/mol. The number of carbonyl (C=O) groups is 1. The van der Waals surface area contributed by atoms with Crippen LogP contribution in [-0.2, 0) is 9.53 Å².